The maximum Gasteiger partial charge on any atom is 0.333 e. The topological polar surface area (TPSA) is 64.1 Å². The lowest BCUT2D eigenvalue weighted by Crippen LogP contribution is -2.39. The summed E-state index contributed by atoms with van der Waals surface area (Å²) in [5, 5.41) is 0. The van der Waals surface area contributed by atoms with Gasteiger partial charge in [-0.15, -0.1) is 0 Å². The molecule has 1 aromatic heterocycles. The van der Waals surface area contributed by atoms with Gasteiger partial charge in [-0.05, 0) is 30.7 Å². The number of benzene rings is 1. The third kappa shape index (κ3) is 2.58. The Balaban J connectivity index is 2.24. The zero-order valence-electron chi connectivity index (χ0n) is 12.3. The molecule has 0 amide bonds. The SMILES string of the molecule is COc1ccc(-n2c(=O)[nH]c3c(c2=O)CC=CCC3(F)F)cc1. The Morgan fingerprint density at radius 1 is 1.17 bits per heavy atom. The third-order valence-corrected chi connectivity index (χ3v) is 3.76. The van der Waals surface area contributed by atoms with Crippen LogP contribution in [0.25, 0.3) is 5.69 Å². The van der Waals surface area contributed by atoms with Crippen LogP contribution < -0.4 is 16.0 Å². The van der Waals surface area contributed by atoms with E-state index in [0.29, 0.717) is 5.75 Å². The molecule has 1 heterocycles. The summed E-state index contributed by atoms with van der Waals surface area (Å²) in [6, 6.07) is 6.21. The van der Waals surface area contributed by atoms with Crippen LogP contribution in [-0.2, 0) is 12.3 Å². The minimum Gasteiger partial charge on any atom is -0.497 e. The Hall–Kier alpha value is -2.70. The Morgan fingerprint density at radius 2 is 1.87 bits per heavy atom. The van der Waals surface area contributed by atoms with Crippen LogP contribution in [0, 0.1) is 0 Å². The molecule has 0 saturated carbocycles. The van der Waals surface area contributed by atoms with Gasteiger partial charge < -0.3 is 9.72 Å². The van der Waals surface area contributed by atoms with E-state index in [1.807, 2.05) is 0 Å². The molecule has 1 aromatic carbocycles. The molecule has 0 fully saturated rings. The first-order valence-corrected chi connectivity index (χ1v) is 7.00. The molecule has 1 aliphatic carbocycles. The molecule has 0 bridgehead atoms. The summed E-state index contributed by atoms with van der Waals surface area (Å²) in [7, 11) is 1.49. The molecule has 0 radical (unpaired) electrons. The number of ether oxygens (including phenoxy) is 1. The zero-order valence-corrected chi connectivity index (χ0v) is 12.3. The predicted molar refractivity (Wildman–Crippen MR) is 80.6 cm³/mol. The molecule has 0 aliphatic heterocycles. The van der Waals surface area contributed by atoms with Crippen molar-refractivity contribution in [2.24, 2.45) is 0 Å². The Morgan fingerprint density at radius 3 is 2.52 bits per heavy atom. The monoisotopic (exact) mass is 320 g/mol. The van der Waals surface area contributed by atoms with Gasteiger partial charge in [0.05, 0.1) is 18.5 Å². The summed E-state index contributed by atoms with van der Waals surface area (Å²) < 4.78 is 34.0. The van der Waals surface area contributed by atoms with Crippen LogP contribution in [0.15, 0.2) is 46.0 Å². The van der Waals surface area contributed by atoms with E-state index < -0.39 is 29.3 Å². The largest absolute Gasteiger partial charge is 0.497 e. The first-order chi connectivity index (χ1) is 10.9. The van der Waals surface area contributed by atoms with E-state index >= 15 is 0 Å². The number of fused-ring (bicyclic) bond motifs is 1. The fraction of sp³-hybridized carbons (Fsp3) is 0.250. The first kappa shape index (κ1) is 15.2. The number of aromatic nitrogens is 2. The minimum atomic E-state index is -3.26. The number of hydrogen-bond donors (Lipinski definition) is 1. The number of H-pyrrole nitrogens is 1. The molecular weight excluding hydrogens is 306 g/mol. The third-order valence-electron chi connectivity index (χ3n) is 3.76. The summed E-state index contributed by atoms with van der Waals surface area (Å²) >= 11 is 0. The molecule has 120 valence electrons. The molecule has 5 nitrogen and oxygen atoms in total. The number of allylic oxidation sites excluding steroid dienone is 2. The van der Waals surface area contributed by atoms with E-state index in [9.17, 15) is 18.4 Å². The van der Waals surface area contributed by atoms with Crippen molar-refractivity contribution in [2.45, 2.75) is 18.8 Å². The summed E-state index contributed by atoms with van der Waals surface area (Å²) in [5.41, 5.74) is -2.03. The second kappa shape index (κ2) is 5.49. The molecule has 0 saturated heterocycles. The molecule has 1 aliphatic rings. The van der Waals surface area contributed by atoms with E-state index in [2.05, 4.69) is 4.98 Å². The van der Waals surface area contributed by atoms with Crippen molar-refractivity contribution in [1.82, 2.24) is 9.55 Å². The maximum atomic E-state index is 14.1. The second-order valence-corrected chi connectivity index (χ2v) is 5.21. The molecular formula is C16H14F2N2O3. The zero-order chi connectivity index (χ0) is 16.6. The van der Waals surface area contributed by atoms with E-state index in [1.54, 1.807) is 12.1 Å². The van der Waals surface area contributed by atoms with E-state index in [0.717, 1.165) is 4.57 Å². The van der Waals surface area contributed by atoms with Gasteiger partial charge in [0.25, 0.3) is 11.5 Å². The average Bonchev–Trinajstić information content (AvgIpc) is 2.67. The van der Waals surface area contributed by atoms with Crippen LogP contribution in [0.4, 0.5) is 8.78 Å². The molecule has 3 rings (SSSR count). The Kier molecular flexibility index (Phi) is 3.63. The summed E-state index contributed by atoms with van der Waals surface area (Å²) in [5.74, 6) is -2.71. The van der Waals surface area contributed by atoms with Crippen molar-refractivity contribution in [3.63, 3.8) is 0 Å². The lowest BCUT2D eigenvalue weighted by Gasteiger charge is -2.17. The van der Waals surface area contributed by atoms with Gasteiger partial charge in [-0.2, -0.15) is 8.78 Å². The first-order valence-electron chi connectivity index (χ1n) is 7.00. The number of methoxy groups -OCH3 is 1. The molecule has 0 unspecified atom stereocenters. The maximum absolute atomic E-state index is 14.1. The highest BCUT2D eigenvalue weighted by molar-refractivity contribution is 5.39. The summed E-state index contributed by atoms with van der Waals surface area (Å²) in [4.78, 5) is 26.9. The van der Waals surface area contributed by atoms with Crippen LogP contribution in [0.5, 0.6) is 5.75 Å². The molecule has 0 atom stereocenters. The number of rotatable bonds is 2. The van der Waals surface area contributed by atoms with Gasteiger partial charge in [0.1, 0.15) is 5.75 Å². The number of nitrogens with one attached hydrogen (secondary N) is 1. The second-order valence-electron chi connectivity index (χ2n) is 5.21. The predicted octanol–water partition coefficient (Wildman–Crippen LogP) is 2.13. The van der Waals surface area contributed by atoms with Crippen LogP contribution >= 0.6 is 0 Å². The molecule has 2 aromatic rings. The van der Waals surface area contributed by atoms with E-state index in [1.165, 1.54) is 31.4 Å². The summed E-state index contributed by atoms with van der Waals surface area (Å²) in [6.07, 6.45) is 2.34. The lowest BCUT2D eigenvalue weighted by atomic mass is 10.1. The molecule has 23 heavy (non-hydrogen) atoms. The van der Waals surface area contributed by atoms with E-state index in [-0.39, 0.29) is 17.7 Å². The van der Waals surface area contributed by atoms with E-state index in [4.69, 9.17) is 4.74 Å². The fourth-order valence-corrected chi connectivity index (χ4v) is 2.57. The standard InChI is InChI=1S/C16H14F2N2O3/c1-23-11-7-5-10(6-8-11)20-14(21)12-4-2-3-9-16(17,18)13(12)19-15(20)22/h2-3,5-8H,4,9H2,1H3,(H,19,22). The van der Waals surface area contributed by atoms with Crippen LogP contribution in [0.3, 0.4) is 0 Å². The number of halogens is 2. The molecule has 0 spiro atoms. The average molecular weight is 320 g/mol. The quantitative estimate of drug-likeness (QED) is 0.862. The van der Waals surface area contributed by atoms with Crippen molar-refractivity contribution in [1.29, 1.82) is 0 Å². The van der Waals surface area contributed by atoms with Crippen molar-refractivity contribution in [2.75, 3.05) is 7.11 Å². The normalized spacial score (nSPS) is 15.8. The Bertz CT molecular complexity index is 880. The fourth-order valence-electron chi connectivity index (χ4n) is 2.57. The number of hydrogen-bond acceptors (Lipinski definition) is 3. The lowest BCUT2D eigenvalue weighted by molar-refractivity contribution is -0.00620. The van der Waals surface area contributed by atoms with Crippen LogP contribution in [0.1, 0.15) is 17.7 Å². The summed E-state index contributed by atoms with van der Waals surface area (Å²) in [6.45, 7) is 0. The highest BCUT2D eigenvalue weighted by Gasteiger charge is 2.37. The molecule has 1 N–H and O–H groups in total. The van der Waals surface area contributed by atoms with Gasteiger partial charge in [-0.3, -0.25) is 4.79 Å². The molecule has 7 heteroatoms. The number of alkyl halides is 2. The van der Waals surface area contributed by atoms with Gasteiger partial charge in [0, 0.05) is 12.0 Å². The van der Waals surface area contributed by atoms with Crippen molar-refractivity contribution in [3.05, 3.63) is 68.5 Å². The van der Waals surface area contributed by atoms with Gasteiger partial charge in [0.2, 0.25) is 0 Å². The number of aromatic amines is 1. The van der Waals surface area contributed by atoms with Gasteiger partial charge in [-0.25, -0.2) is 9.36 Å². The highest BCUT2D eigenvalue weighted by atomic mass is 19.3. The van der Waals surface area contributed by atoms with Gasteiger partial charge >= 0.3 is 5.69 Å². The Labute approximate surface area is 129 Å². The van der Waals surface area contributed by atoms with Gasteiger partial charge in [0.15, 0.2) is 0 Å². The van der Waals surface area contributed by atoms with Crippen molar-refractivity contribution in [3.8, 4) is 11.4 Å². The van der Waals surface area contributed by atoms with Crippen molar-refractivity contribution < 1.29 is 13.5 Å². The minimum absolute atomic E-state index is 0.0523. The number of nitrogens with zero attached hydrogens (tertiary/aromatic N) is 1. The van der Waals surface area contributed by atoms with Gasteiger partial charge in [-0.1, -0.05) is 12.2 Å². The smallest absolute Gasteiger partial charge is 0.333 e. The van der Waals surface area contributed by atoms with Crippen molar-refractivity contribution >= 4 is 0 Å². The van der Waals surface area contributed by atoms with Crippen LogP contribution in [0.2, 0.25) is 0 Å². The highest BCUT2D eigenvalue weighted by Crippen LogP contribution is 2.33. The van der Waals surface area contributed by atoms with Crippen LogP contribution in [-0.4, -0.2) is 16.7 Å².